The van der Waals surface area contributed by atoms with Crippen LogP contribution in [-0.2, 0) is 10.0 Å². The van der Waals surface area contributed by atoms with Gasteiger partial charge in [-0.1, -0.05) is 68.4 Å². The number of sulfonamides is 1. The average molecular weight is 529 g/mol. The Morgan fingerprint density at radius 2 is 1.62 bits per heavy atom. The van der Waals surface area contributed by atoms with Crippen molar-refractivity contribution in [3.8, 4) is 11.1 Å². The summed E-state index contributed by atoms with van der Waals surface area (Å²) in [5.74, 6) is 1.02. The molecule has 0 radical (unpaired) electrons. The van der Waals surface area contributed by atoms with E-state index < -0.39 is 10.0 Å². The summed E-state index contributed by atoms with van der Waals surface area (Å²) < 4.78 is 29.1. The third-order valence-corrected chi connectivity index (χ3v) is 9.15. The predicted molar refractivity (Wildman–Crippen MR) is 153 cm³/mol. The Labute approximate surface area is 221 Å². The van der Waals surface area contributed by atoms with Gasteiger partial charge in [-0.3, -0.25) is 4.31 Å². The van der Waals surface area contributed by atoms with E-state index >= 15 is 0 Å². The van der Waals surface area contributed by atoms with Crippen LogP contribution in [0.15, 0.2) is 95.5 Å². The molecule has 2 aromatic heterocycles. The van der Waals surface area contributed by atoms with Crippen molar-refractivity contribution in [2.24, 2.45) is 0 Å². The maximum atomic E-state index is 13.8. The first kappa shape index (κ1) is 24.9. The fourth-order valence-electron chi connectivity index (χ4n) is 4.36. The summed E-state index contributed by atoms with van der Waals surface area (Å²) in [6.45, 7) is 6.48. The molecule has 1 N–H and O–H groups in total. The van der Waals surface area contributed by atoms with Gasteiger partial charge in [-0.15, -0.1) is 11.3 Å². The van der Waals surface area contributed by atoms with Gasteiger partial charge in [0.15, 0.2) is 0 Å². The molecule has 0 amide bonds. The first-order valence-corrected chi connectivity index (χ1v) is 14.5. The van der Waals surface area contributed by atoms with E-state index in [1.54, 1.807) is 41.7 Å². The van der Waals surface area contributed by atoms with Crippen molar-refractivity contribution in [3.63, 3.8) is 0 Å². The summed E-state index contributed by atoms with van der Waals surface area (Å²) in [5, 5.41) is 6.27. The number of fused-ring (bicyclic) bond motifs is 1. The number of rotatable bonds is 8. The molecule has 3 aromatic carbocycles. The monoisotopic (exact) mass is 528 g/mol. The van der Waals surface area contributed by atoms with Crippen LogP contribution in [-0.4, -0.2) is 24.9 Å². The fraction of sp³-hybridized carbons (Fsp3) is 0.172. The number of para-hydroxylation sites is 2. The zero-order valence-electron chi connectivity index (χ0n) is 20.9. The molecule has 5 rings (SSSR count). The molecule has 5 aromatic rings. The number of hydrogen-bond acceptors (Lipinski definition) is 6. The van der Waals surface area contributed by atoms with Crippen LogP contribution in [0.25, 0.3) is 21.3 Å². The van der Waals surface area contributed by atoms with Crippen LogP contribution in [0.2, 0.25) is 0 Å². The van der Waals surface area contributed by atoms with E-state index in [1.165, 1.54) is 16.2 Å². The van der Waals surface area contributed by atoms with Crippen molar-refractivity contribution in [1.82, 2.24) is 9.97 Å². The second-order valence-corrected chi connectivity index (χ2v) is 11.6. The Hall–Kier alpha value is -3.75. The lowest BCUT2D eigenvalue weighted by Crippen LogP contribution is -2.31. The van der Waals surface area contributed by atoms with Gasteiger partial charge in [0.25, 0.3) is 10.0 Å². The normalized spacial score (nSPS) is 11.7. The third-order valence-electron chi connectivity index (χ3n) is 6.30. The van der Waals surface area contributed by atoms with Gasteiger partial charge in [0.2, 0.25) is 0 Å². The molecule has 37 heavy (non-hydrogen) atoms. The number of nitrogens with one attached hydrogen (secondary N) is 1. The largest absolute Gasteiger partial charge is 0.338 e. The number of hydrogen-bond donors (Lipinski definition) is 1. The summed E-state index contributed by atoms with van der Waals surface area (Å²) in [6.07, 6.45) is 1.51. The first-order chi connectivity index (χ1) is 17.9. The van der Waals surface area contributed by atoms with Gasteiger partial charge in [-0.2, -0.15) is 0 Å². The molecule has 6 nitrogen and oxygen atoms in total. The molecule has 0 aliphatic carbocycles. The quantitative estimate of drug-likeness (QED) is 0.226. The van der Waals surface area contributed by atoms with Gasteiger partial charge < -0.3 is 5.32 Å². The number of anilines is 3. The Morgan fingerprint density at radius 3 is 2.32 bits per heavy atom. The van der Waals surface area contributed by atoms with E-state index in [-0.39, 0.29) is 4.90 Å². The van der Waals surface area contributed by atoms with Crippen LogP contribution in [0.5, 0.6) is 0 Å². The highest BCUT2D eigenvalue weighted by molar-refractivity contribution is 7.93. The van der Waals surface area contributed by atoms with Crippen molar-refractivity contribution in [3.05, 3.63) is 96.1 Å². The standard InChI is InChI=1S/C29H28N4O2S2/c1-4-33(23-10-6-5-7-11-23)37(34,35)26-13-9-8-12-25(26)32-28-27-24(18-36-29(27)31-19-30-28)22-16-14-21(15-17-22)20(2)3/h5-20H,4H2,1-3H3,(H,30,31,32). The number of thiophene rings is 1. The number of aromatic nitrogens is 2. The molecule has 0 bridgehead atoms. The van der Waals surface area contributed by atoms with Gasteiger partial charge in [0.1, 0.15) is 21.9 Å². The Morgan fingerprint density at radius 1 is 0.919 bits per heavy atom. The summed E-state index contributed by atoms with van der Waals surface area (Å²) in [7, 11) is -3.84. The third kappa shape index (κ3) is 4.82. The zero-order chi connectivity index (χ0) is 26.0. The minimum absolute atomic E-state index is 0.186. The highest BCUT2D eigenvalue weighted by Crippen LogP contribution is 2.39. The van der Waals surface area contributed by atoms with Gasteiger partial charge in [-0.05, 0) is 48.2 Å². The lowest BCUT2D eigenvalue weighted by atomic mass is 9.99. The molecule has 2 heterocycles. The van der Waals surface area contributed by atoms with Crippen LogP contribution in [0.4, 0.5) is 17.2 Å². The van der Waals surface area contributed by atoms with E-state index in [1.807, 2.05) is 31.2 Å². The van der Waals surface area contributed by atoms with Crippen LogP contribution in [0.1, 0.15) is 32.3 Å². The highest BCUT2D eigenvalue weighted by Gasteiger charge is 2.27. The van der Waals surface area contributed by atoms with Crippen molar-refractivity contribution < 1.29 is 8.42 Å². The first-order valence-electron chi connectivity index (χ1n) is 12.2. The van der Waals surface area contributed by atoms with Crippen molar-refractivity contribution in [2.75, 3.05) is 16.2 Å². The molecule has 8 heteroatoms. The van der Waals surface area contributed by atoms with Gasteiger partial charge >= 0.3 is 0 Å². The van der Waals surface area contributed by atoms with E-state index in [4.69, 9.17) is 0 Å². The van der Waals surface area contributed by atoms with Gasteiger partial charge in [0.05, 0.1) is 16.8 Å². The van der Waals surface area contributed by atoms with Crippen LogP contribution in [0, 0.1) is 0 Å². The molecule has 0 saturated carbocycles. The molecule has 0 atom stereocenters. The minimum Gasteiger partial charge on any atom is -0.338 e. The topological polar surface area (TPSA) is 75.2 Å². The number of nitrogens with zero attached hydrogens (tertiary/aromatic N) is 3. The van der Waals surface area contributed by atoms with Crippen LogP contribution >= 0.6 is 11.3 Å². The molecule has 188 valence electrons. The SMILES string of the molecule is CCN(c1ccccc1)S(=O)(=O)c1ccccc1Nc1ncnc2scc(-c3ccc(C(C)C)cc3)c12. The lowest BCUT2D eigenvalue weighted by Gasteiger charge is -2.24. The van der Waals surface area contributed by atoms with Gasteiger partial charge in [-0.25, -0.2) is 18.4 Å². The lowest BCUT2D eigenvalue weighted by molar-refractivity contribution is 0.592. The van der Waals surface area contributed by atoms with Crippen molar-refractivity contribution >= 4 is 48.8 Å². The average Bonchev–Trinajstić information content (AvgIpc) is 3.35. The molecule has 0 spiro atoms. The second-order valence-electron chi connectivity index (χ2n) is 8.96. The maximum absolute atomic E-state index is 13.8. The van der Waals surface area contributed by atoms with E-state index in [2.05, 4.69) is 58.8 Å². The van der Waals surface area contributed by atoms with Crippen molar-refractivity contribution in [1.29, 1.82) is 0 Å². The minimum atomic E-state index is -3.84. The molecular weight excluding hydrogens is 500 g/mol. The Balaban J connectivity index is 1.57. The van der Waals surface area contributed by atoms with E-state index in [0.717, 1.165) is 21.3 Å². The van der Waals surface area contributed by atoms with E-state index in [9.17, 15) is 8.42 Å². The Kier molecular flexibility index (Phi) is 6.95. The molecule has 0 aliphatic rings. The summed E-state index contributed by atoms with van der Waals surface area (Å²) in [6, 6.07) is 24.6. The molecule has 0 saturated heterocycles. The Bertz CT molecular complexity index is 1630. The smallest absolute Gasteiger partial charge is 0.266 e. The highest BCUT2D eigenvalue weighted by atomic mass is 32.2. The summed E-state index contributed by atoms with van der Waals surface area (Å²) >= 11 is 1.54. The number of benzene rings is 3. The van der Waals surface area contributed by atoms with Crippen LogP contribution in [0.3, 0.4) is 0 Å². The maximum Gasteiger partial charge on any atom is 0.266 e. The van der Waals surface area contributed by atoms with Crippen molar-refractivity contribution in [2.45, 2.75) is 31.6 Å². The van der Waals surface area contributed by atoms with E-state index in [0.29, 0.717) is 29.7 Å². The summed E-state index contributed by atoms with van der Waals surface area (Å²) in [4.78, 5) is 10.0. The second kappa shape index (κ2) is 10.3. The molecule has 0 aliphatic heterocycles. The molecule has 0 unspecified atom stereocenters. The predicted octanol–water partition coefficient (Wildman–Crippen LogP) is 7.44. The summed E-state index contributed by atoms with van der Waals surface area (Å²) in [5.41, 5.74) is 4.43. The van der Waals surface area contributed by atoms with Crippen LogP contribution < -0.4 is 9.62 Å². The molecule has 0 fully saturated rings. The molecular formula is C29H28N4O2S2. The fourth-order valence-corrected chi connectivity index (χ4v) is 6.90. The van der Waals surface area contributed by atoms with Gasteiger partial charge in [0, 0.05) is 17.5 Å². The zero-order valence-corrected chi connectivity index (χ0v) is 22.6.